The number of amides is 3. The summed E-state index contributed by atoms with van der Waals surface area (Å²) in [5.41, 5.74) is 5.48. The van der Waals surface area contributed by atoms with Crippen LogP contribution in [0.2, 0.25) is 0 Å². The number of nitrogens with two attached hydrogens (primary N) is 1. The highest BCUT2D eigenvalue weighted by molar-refractivity contribution is 7.80. The Kier molecular flexibility index (Phi) is 11.3. The molecule has 0 aromatic carbocycles. The van der Waals surface area contributed by atoms with E-state index in [0.29, 0.717) is 0 Å². The van der Waals surface area contributed by atoms with Crippen molar-refractivity contribution in [3.63, 3.8) is 0 Å². The molecule has 3 amide bonds. The summed E-state index contributed by atoms with van der Waals surface area (Å²) in [5.74, 6) is -4.20. The summed E-state index contributed by atoms with van der Waals surface area (Å²) >= 11 is 7.89. The fourth-order valence-corrected chi connectivity index (χ4v) is 2.30. The summed E-state index contributed by atoms with van der Waals surface area (Å²) in [7, 11) is 0. The van der Waals surface area contributed by atoms with Gasteiger partial charge < -0.3 is 37.0 Å². The van der Waals surface area contributed by atoms with Crippen molar-refractivity contribution in [1.29, 1.82) is 0 Å². The molecule has 0 aliphatic heterocycles. The van der Waals surface area contributed by atoms with E-state index >= 15 is 0 Å². The molecule has 0 fully saturated rings. The van der Waals surface area contributed by atoms with Crippen LogP contribution in [0, 0.1) is 0 Å². The van der Waals surface area contributed by atoms with Crippen molar-refractivity contribution in [1.82, 2.24) is 16.0 Å². The van der Waals surface area contributed by atoms with Gasteiger partial charge >= 0.3 is 5.97 Å². The number of carboxylic acid groups (broad SMARTS) is 1. The summed E-state index contributed by atoms with van der Waals surface area (Å²) in [6, 6.07) is -5.22. The first-order valence-electron chi connectivity index (χ1n) is 7.93. The maximum atomic E-state index is 12.3. The number of aliphatic hydroxyl groups excluding tert-OH is 2. The van der Waals surface area contributed by atoms with E-state index in [2.05, 4.69) is 41.2 Å². The molecule has 6 atom stereocenters. The molecule has 0 aliphatic rings. The lowest BCUT2D eigenvalue weighted by atomic mass is 10.1. The number of carboxylic acids is 1. The topological polar surface area (TPSA) is 191 Å². The van der Waals surface area contributed by atoms with Crippen LogP contribution in [0.3, 0.4) is 0 Å². The molecule has 0 aliphatic carbocycles. The first-order valence-corrected chi connectivity index (χ1v) is 9.20. The number of thiol groups is 2. The molecule has 0 spiro atoms. The molecular formula is C14H26N4O7S2. The lowest BCUT2D eigenvalue weighted by molar-refractivity contribution is -0.145. The molecule has 0 saturated heterocycles. The second kappa shape index (κ2) is 12.0. The monoisotopic (exact) mass is 426 g/mol. The summed E-state index contributed by atoms with van der Waals surface area (Å²) in [6.45, 7) is 2.49. The Bertz CT molecular complexity index is 548. The molecule has 0 rings (SSSR count). The number of carbonyl (C=O) groups is 4. The molecule has 8 N–H and O–H groups in total. The van der Waals surface area contributed by atoms with Gasteiger partial charge in [0.1, 0.15) is 18.1 Å². The van der Waals surface area contributed by atoms with Gasteiger partial charge in [-0.3, -0.25) is 14.4 Å². The number of hydrogen-bond donors (Lipinski definition) is 9. The molecule has 27 heavy (non-hydrogen) atoms. The summed E-state index contributed by atoms with van der Waals surface area (Å²) in [4.78, 5) is 47.3. The zero-order valence-corrected chi connectivity index (χ0v) is 16.6. The van der Waals surface area contributed by atoms with Crippen LogP contribution in [0.4, 0.5) is 0 Å². The van der Waals surface area contributed by atoms with E-state index in [1.165, 1.54) is 13.8 Å². The van der Waals surface area contributed by atoms with Gasteiger partial charge in [0.15, 0.2) is 6.04 Å². The quantitative estimate of drug-likeness (QED) is 0.152. The van der Waals surface area contributed by atoms with Crippen molar-refractivity contribution in [3.8, 4) is 0 Å². The van der Waals surface area contributed by atoms with Crippen LogP contribution in [0.15, 0.2) is 0 Å². The standard InChI is InChI=1S/C14H26N4O7S2/c1-5(19)9(15)13(23)17-7(3-26)11(21)16-8(4-27)12(22)18-10(6(2)20)14(24)25/h5-10,19-20,26-27H,3-4,15H2,1-2H3,(H,16,21)(H,17,23)(H,18,22)(H,24,25). The van der Waals surface area contributed by atoms with E-state index in [4.69, 9.17) is 10.8 Å². The van der Waals surface area contributed by atoms with E-state index < -0.39 is 60.1 Å². The minimum atomic E-state index is -1.57. The van der Waals surface area contributed by atoms with E-state index in [-0.39, 0.29) is 11.5 Å². The van der Waals surface area contributed by atoms with Gasteiger partial charge in [-0.15, -0.1) is 0 Å². The van der Waals surface area contributed by atoms with Crippen molar-refractivity contribution in [2.24, 2.45) is 5.73 Å². The van der Waals surface area contributed by atoms with Crippen molar-refractivity contribution >= 4 is 48.9 Å². The average Bonchev–Trinajstić information content (AvgIpc) is 2.59. The lowest BCUT2D eigenvalue weighted by Crippen LogP contribution is -2.59. The van der Waals surface area contributed by atoms with Gasteiger partial charge in [-0.2, -0.15) is 25.3 Å². The Morgan fingerprint density at radius 3 is 1.59 bits per heavy atom. The zero-order chi connectivity index (χ0) is 21.3. The fraction of sp³-hybridized carbons (Fsp3) is 0.714. The highest BCUT2D eigenvalue weighted by atomic mass is 32.1. The van der Waals surface area contributed by atoms with Crippen LogP contribution in [0.5, 0.6) is 0 Å². The minimum absolute atomic E-state index is 0.129. The minimum Gasteiger partial charge on any atom is -0.480 e. The van der Waals surface area contributed by atoms with E-state index in [1.54, 1.807) is 0 Å². The van der Waals surface area contributed by atoms with Gasteiger partial charge in [-0.05, 0) is 13.8 Å². The van der Waals surface area contributed by atoms with Gasteiger partial charge in [-0.25, -0.2) is 4.79 Å². The molecule has 0 aromatic heterocycles. The maximum Gasteiger partial charge on any atom is 0.328 e. The molecule has 0 radical (unpaired) electrons. The van der Waals surface area contributed by atoms with Crippen molar-refractivity contribution in [2.75, 3.05) is 11.5 Å². The molecule has 156 valence electrons. The van der Waals surface area contributed by atoms with E-state index in [1.807, 2.05) is 0 Å². The number of hydrogen-bond acceptors (Lipinski definition) is 9. The number of aliphatic carboxylic acids is 1. The highest BCUT2D eigenvalue weighted by Gasteiger charge is 2.31. The Morgan fingerprint density at radius 1 is 0.852 bits per heavy atom. The predicted molar refractivity (Wildman–Crippen MR) is 102 cm³/mol. The second-order valence-corrected chi connectivity index (χ2v) is 6.55. The summed E-state index contributed by atoms with van der Waals surface area (Å²) in [6.07, 6.45) is -2.51. The first-order chi connectivity index (χ1) is 12.5. The number of rotatable bonds is 11. The molecule has 13 heteroatoms. The van der Waals surface area contributed by atoms with Crippen molar-refractivity contribution in [2.45, 2.75) is 50.2 Å². The molecule has 6 unspecified atom stereocenters. The smallest absolute Gasteiger partial charge is 0.328 e. The maximum absolute atomic E-state index is 12.3. The first kappa shape index (κ1) is 25.5. The Labute approximate surface area is 167 Å². The van der Waals surface area contributed by atoms with Gasteiger partial charge in [0.25, 0.3) is 0 Å². The number of nitrogens with one attached hydrogen (secondary N) is 3. The van der Waals surface area contributed by atoms with E-state index in [0.717, 1.165) is 0 Å². The summed E-state index contributed by atoms with van der Waals surface area (Å²) in [5, 5.41) is 34.4. The molecule has 0 aromatic rings. The molecule has 0 bridgehead atoms. The molecular weight excluding hydrogens is 400 g/mol. The molecule has 0 saturated carbocycles. The van der Waals surface area contributed by atoms with Crippen LogP contribution in [-0.2, 0) is 19.2 Å². The highest BCUT2D eigenvalue weighted by Crippen LogP contribution is 1.99. The van der Waals surface area contributed by atoms with Crippen molar-refractivity contribution in [3.05, 3.63) is 0 Å². The third-order valence-electron chi connectivity index (χ3n) is 3.50. The van der Waals surface area contributed by atoms with Gasteiger partial charge in [0, 0.05) is 11.5 Å². The zero-order valence-electron chi connectivity index (χ0n) is 14.8. The van der Waals surface area contributed by atoms with Crippen molar-refractivity contribution < 1.29 is 34.5 Å². The van der Waals surface area contributed by atoms with Crippen LogP contribution in [0.25, 0.3) is 0 Å². The van der Waals surface area contributed by atoms with Gasteiger partial charge in [0.2, 0.25) is 17.7 Å². The van der Waals surface area contributed by atoms with Gasteiger partial charge in [-0.1, -0.05) is 0 Å². The lowest BCUT2D eigenvalue weighted by Gasteiger charge is -2.24. The third kappa shape index (κ3) is 8.34. The normalized spacial score (nSPS) is 17.6. The fourth-order valence-electron chi connectivity index (χ4n) is 1.79. The largest absolute Gasteiger partial charge is 0.480 e. The third-order valence-corrected chi connectivity index (χ3v) is 4.23. The Morgan fingerprint density at radius 2 is 1.26 bits per heavy atom. The Hall–Kier alpha value is -1.54. The predicted octanol–water partition coefficient (Wildman–Crippen LogP) is -3.53. The van der Waals surface area contributed by atoms with Crippen LogP contribution in [0.1, 0.15) is 13.8 Å². The van der Waals surface area contributed by atoms with Crippen LogP contribution in [-0.4, -0.2) is 86.9 Å². The average molecular weight is 427 g/mol. The Balaban J connectivity index is 5.00. The van der Waals surface area contributed by atoms with Crippen LogP contribution >= 0.6 is 25.3 Å². The number of carbonyl (C=O) groups excluding carboxylic acids is 3. The second-order valence-electron chi connectivity index (χ2n) is 5.82. The van der Waals surface area contributed by atoms with Gasteiger partial charge in [0.05, 0.1) is 12.2 Å². The summed E-state index contributed by atoms with van der Waals surface area (Å²) < 4.78 is 0. The van der Waals surface area contributed by atoms with E-state index in [9.17, 15) is 29.4 Å². The SMILES string of the molecule is CC(O)C(N)C(=O)NC(CS)C(=O)NC(CS)C(=O)NC(C(=O)O)C(C)O. The van der Waals surface area contributed by atoms with Crippen LogP contribution < -0.4 is 21.7 Å². The molecule has 11 nitrogen and oxygen atoms in total. The molecule has 0 heterocycles. The number of aliphatic hydroxyl groups is 2.